The van der Waals surface area contributed by atoms with Gasteiger partial charge in [-0.1, -0.05) is 0 Å². The first-order valence-electron chi connectivity index (χ1n) is 12.2. The van der Waals surface area contributed by atoms with Crippen molar-refractivity contribution in [2.45, 2.75) is 31.8 Å². The van der Waals surface area contributed by atoms with Crippen molar-refractivity contribution in [2.75, 3.05) is 42.3 Å². The normalized spacial score (nSPS) is 18.4. The number of benzene rings is 1. The Labute approximate surface area is 211 Å². The summed E-state index contributed by atoms with van der Waals surface area (Å²) >= 11 is 0. The molecule has 1 aliphatic heterocycles. The number of morpholine rings is 1. The monoisotopic (exact) mass is 508 g/mol. The average Bonchev–Trinajstić information content (AvgIpc) is 3.66. The number of carbonyl (C=O) groups excluding carboxylic acids is 1. The van der Waals surface area contributed by atoms with E-state index >= 15 is 0 Å². The molecule has 0 radical (unpaired) electrons. The lowest BCUT2D eigenvalue weighted by molar-refractivity contribution is -0.128. The van der Waals surface area contributed by atoms with Gasteiger partial charge >= 0.3 is 0 Å². The molecule has 1 aromatic carbocycles. The minimum Gasteiger partial charge on any atom is -0.436 e. The number of halogens is 2. The molecule has 11 heteroatoms. The lowest BCUT2D eigenvalue weighted by Gasteiger charge is -2.36. The van der Waals surface area contributed by atoms with Crippen LogP contribution in [0.5, 0.6) is 0 Å². The molecule has 3 aromatic heterocycles. The molecule has 1 aliphatic carbocycles. The van der Waals surface area contributed by atoms with Gasteiger partial charge in [0.15, 0.2) is 5.58 Å². The Morgan fingerprint density at radius 3 is 2.76 bits per heavy atom. The number of anilines is 3. The van der Waals surface area contributed by atoms with Crippen LogP contribution in [-0.2, 0) is 9.53 Å². The van der Waals surface area contributed by atoms with Gasteiger partial charge in [-0.25, -0.2) is 23.7 Å². The second-order valence-corrected chi connectivity index (χ2v) is 9.58. The van der Waals surface area contributed by atoms with Gasteiger partial charge in [0.05, 0.1) is 18.7 Å². The summed E-state index contributed by atoms with van der Waals surface area (Å²) in [4.78, 5) is 27.7. The highest BCUT2D eigenvalue weighted by atomic mass is 19.3. The van der Waals surface area contributed by atoms with Crippen LogP contribution in [0.3, 0.4) is 0 Å². The summed E-state index contributed by atoms with van der Waals surface area (Å²) in [6.45, 7) is 1.69. The van der Waals surface area contributed by atoms with Gasteiger partial charge < -0.3 is 24.7 Å². The molecule has 192 valence electrons. The molecule has 6 rings (SSSR count). The van der Waals surface area contributed by atoms with Crippen LogP contribution in [0.4, 0.5) is 26.1 Å². The van der Waals surface area contributed by atoms with E-state index in [1.54, 1.807) is 31.6 Å². The van der Waals surface area contributed by atoms with Crippen molar-refractivity contribution in [3.63, 3.8) is 0 Å². The Kier molecular flexibility index (Phi) is 5.67. The van der Waals surface area contributed by atoms with Crippen molar-refractivity contribution < 1.29 is 22.7 Å². The Balaban J connectivity index is 1.36. The standard InChI is InChI=1S/C26H26F2N6O3/c1-26(27,28)21-13-34(7-8-36-21)15-5-6-20-19(9-15)32-25(37-20)18-12-31-23(29-2)17-11-30-22(10-16(17)18)33-24(35)14-3-4-14/h5-6,9-12,14,21H,3-4,7-8,13H2,1-2H3,(H,29,31)(H,30,33,35)/t21-/m0/s1. The number of carbonyl (C=O) groups is 1. The summed E-state index contributed by atoms with van der Waals surface area (Å²) in [5.41, 5.74) is 2.58. The number of alkyl halides is 2. The van der Waals surface area contributed by atoms with Gasteiger partial charge in [0, 0.05) is 55.3 Å². The first-order chi connectivity index (χ1) is 17.8. The quantitative estimate of drug-likeness (QED) is 0.387. The second-order valence-electron chi connectivity index (χ2n) is 9.58. The molecule has 2 fully saturated rings. The van der Waals surface area contributed by atoms with Crippen molar-refractivity contribution in [3.8, 4) is 11.5 Å². The number of nitrogens with zero attached hydrogens (tertiary/aromatic N) is 4. The topological polar surface area (TPSA) is 105 Å². The van der Waals surface area contributed by atoms with Gasteiger partial charge in [0.25, 0.3) is 5.92 Å². The number of hydrogen-bond donors (Lipinski definition) is 2. The zero-order chi connectivity index (χ0) is 25.7. The number of ether oxygens (including phenoxy) is 1. The van der Waals surface area contributed by atoms with Crippen LogP contribution in [-0.4, -0.2) is 59.6 Å². The van der Waals surface area contributed by atoms with E-state index in [-0.39, 0.29) is 25.0 Å². The maximum Gasteiger partial charge on any atom is 0.272 e. The lowest BCUT2D eigenvalue weighted by Crippen LogP contribution is -2.49. The molecule has 0 spiro atoms. The van der Waals surface area contributed by atoms with Gasteiger partial charge in [0.1, 0.15) is 23.3 Å². The zero-order valence-electron chi connectivity index (χ0n) is 20.4. The zero-order valence-corrected chi connectivity index (χ0v) is 20.4. The number of fused-ring (bicyclic) bond motifs is 2. The van der Waals surface area contributed by atoms with Crippen LogP contribution < -0.4 is 15.5 Å². The van der Waals surface area contributed by atoms with Gasteiger partial charge in [-0.2, -0.15) is 0 Å². The van der Waals surface area contributed by atoms with Crippen LogP contribution in [0, 0.1) is 5.92 Å². The molecule has 1 amide bonds. The van der Waals surface area contributed by atoms with E-state index in [1.807, 2.05) is 17.0 Å². The smallest absolute Gasteiger partial charge is 0.272 e. The number of oxazole rings is 1. The van der Waals surface area contributed by atoms with Gasteiger partial charge in [-0.05, 0) is 37.1 Å². The maximum atomic E-state index is 13.8. The number of nitrogens with one attached hydrogen (secondary N) is 2. The van der Waals surface area contributed by atoms with Crippen LogP contribution in [0.25, 0.3) is 33.3 Å². The minimum atomic E-state index is -2.93. The first kappa shape index (κ1) is 23.5. The van der Waals surface area contributed by atoms with Crippen molar-refractivity contribution in [3.05, 3.63) is 36.7 Å². The Bertz CT molecular complexity index is 1500. The van der Waals surface area contributed by atoms with Crippen molar-refractivity contribution >= 4 is 45.1 Å². The van der Waals surface area contributed by atoms with E-state index in [0.29, 0.717) is 40.7 Å². The van der Waals surface area contributed by atoms with Gasteiger partial charge in [0.2, 0.25) is 11.8 Å². The molecule has 1 saturated carbocycles. The summed E-state index contributed by atoms with van der Waals surface area (Å²) in [7, 11) is 1.77. The highest BCUT2D eigenvalue weighted by Gasteiger charge is 2.38. The molecule has 1 saturated heterocycles. The molecule has 4 aromatic rings. The highest BCUT2D eigenvalue weighted by molar-refractivity contribution is 6.03. The molecule has 2 aliphatic rings. The summed E-state index contributed by atoms with van der Waals surface area (Å²) in [6, 6.07) is 7.25. The summed E-state index contributed by atoms with van der Waals surface area (Å²) < 4.78 is 39.1. The van der Waals surface area contributed by atoms with Crippen LogP contribution in [0.1, 0.15) is 19.8 Å². The predicted octanol–water partition coefficient (Wildman–Crippen LogP) is 4.69. The number of rotatable bonds is 6. The average molecular weight is 509 g/mol. The third kappa shape index (κ3) is 4.55. The van der Waals surface area contributed by atoms with Crippen molar-refractivity contribution in [2.24, 2.45) is 5.92 Å². The lowest BCUT2D eigenvalue weighted by atomic mass is 10.1. The first-order valence-corrected chi connectivity index (χ1v) is 12.2. The van der Waals surface area contributed by atoms with Crippen LogP contribution in [0.2, 0.25) is 0 Å². The summed E-state index contributed by atoms with van der Waals surface area (Å²) in [6.07, 6.45) is 3.96. The van der Waals surface area contributed by atoms with E-state index < -0.39 is 12.0 Å². The number of amides is 1. The maximum absolute atomic E-state index is 13.8. The Morgan fingerprint density at radius 2 is 2.00 bits per heavy atom. The van der Waals surface area contributed by atoms with Crippen LogP contribution in [0.15, 0.2) is 41.1 Å². The minimum absolute atomic E-state index is 0.0307. The molecular weight excluding hydrogens is 482 g/mol. The summed E-state index contributed by atoms with van der Waals surface area (Å²) in [5.74, 6) is -1.46. The fourth-order valence-electron chi connectivity index (χ4n) is 4.57. The van der Waals surface area contributed by atoms with E-state index in [2.05, 4.69) is 20.6 Å². The van der Waals surface area contributed by atoms with E-state index in [1.165, 1.54) is 0 Å². The number of hydrogen-bond acceptors (Lipinski definition) is 8. The van der Waals surface area contributed by atoms with Crippen molar-refractivity contribution in [1.29, 1.82) is 0 Å². The third-order valence-electron chi connectivity index (χ3n) is 6.81. The fraction of sp³-hybridized carbons (Fsp3) is 0.385. The molecule has 37 heavy (non-hydrogen) atoms. The molecule has 2 N–H and O–H groups in total. The van der Waals surface area contributed by atoms with Crippen LogP contribution >= 0.6 is 0 Å². The summed E-state index contributed by atoms with van der Waals surface area (Å²) in [5, 5.41) is 7.48. The number of pyridine rings is 2. The van der Waals surface area contributed by atoms with Crippen molar-refractivity contribution in [1.82, 2.24) is 15.0 Å². The Morgan fingerprint density at radius 1 is 1.16 bits per heavy atom. The predicted molar refractivity (Wildman–Crippen MR) is 136 cm³/mol. The van der Waals surface area contributed by atoms with E-state index in [4.69, 9.17) is 14.1 Å². The second kappa shape index (κ2) is 8.91. The largest absolute Gasteiger partial charge is 0.436 e. The van der Waals surface area contributed by atoms with Gasteiger partial charge in [-0.3, -0.25) is 4.79 Å². The molecule has 4 heterocycles. The molecule has 0 bridgehead atoms. The van der Waals surface area contributed by atoms with Gasteiger partial charge in [-0.15, -0.1) is 0 Å². The van der Waals surface area contributed by atoms with E-state index in [0.717, 1.165) is 36.2 Å². The molecule has 9 nitrogen and oxygen atoms in total. The molecule has 1 atom stereocenters. The SMILES string of the molecule is CNc1ncc(-c2nc3cc(N4CCO[C@H](C(C)(F)F)C4)ccc3o2)c2cc(NC(=O)C3CC3)ncc12. The third-order valence-corrected chi connectivity index (χ3v) is 6.81. The fourth-order valence-corrected chi connectivity index (χ4v) is 4.57. The molecule has 0 unspecified atom stereocenters. The number of aromatic nitrogens is 3. The molecular formula is C26H26F2N6O3. The Hall–Kier alpha value is -3.86. The van der Waals surface area contributed by atoms with E-state index in [9.17, 15) is 13.6 Å². The highest BCUT2D eigenvalue weighted by Crippen LogP contribution is 2.36.